The zero-order valence-electron chi connectivity index (χ0n) is 32.6. The number of carboxylic acid groups (broad SMARTS) is 1. The van der Waals surface area contributed by atoms with E-state index in [-0.39, 0.29) is 48.9 Å². The van der Waals surface area contributed by atoms with E-state index in [0.717, 1.165) is 44.1 Å². The summed E-state index contributed by atoms with van der Waals surface area (Å²) in [4.78, 5) is 75.0. The molecule has 0 aromatic heterocycles. The molecule has 0 aliphatic carbocycles. The fourth-order valence-corrected chi connectivity index (χ4v) is 9.11. The minimum atomic E-state index is -0.810. The Morgan fingerprint density at radius 3 is 1.89 bits per heavy atom. The van der Waals surface area contributed by atoms with Gasteiger partial charge in [0.25, 0.3) is 0 Å². The van der Waals surface area contributed by atoms with Gasteiger partial charge in [-0.2, -0.15) is 0 Å². The number of ketones is 2. The second kappa shape index (κ2) is 29.2. The molecule has 3 amide bonds. The zero-order valence-corrected chi connectivity index (χ0v) is 34.2. The van der Waals surface area contributed by atoms with Crippen molar-refractivity contribution in [1.29, 1.82) is 0 Å². The summed E-state index contributed by atoms with van der Waals surface area (Å²) in [6, 6.07) is 4.75. The molecule has 1 aliphatic heterocycles. The predicted molar refractivity (Wildman–Crippen MR) is 220 cm³/mol. The fraction of sp³-hybridized carbons (Fsp3) is 0.707. The molecule has 0 saturated carbocycles. The van der Waals surface area contributed by atoms with E-state index in [9.17, 15) is 33.9 Å². The number of nitrogens with two attached hydrogens (primary N) is 2. The number of carbonyl (C=O) groups excluding carboxylic acids is 5. The van der Waals surface area contributed by atoms with Crippen LogP contribution in [-0.4, -0.2) is 75.6 Å². The summed E-state index contributed by atoms with van der Waals surface area (Å²) in [6.45, 7) is 0.474. The van der Waals surface area contributed by atoms with E-state index >= 15 is 0 Å². The van der Waals surface area contributed by atoms with Crippen LogP contribution in [-0.2, 0) is 35.2 Å². The number of unbranched alkanes of at least 4 members (excludes halogenated alkanes) is 14. The predicted octanol–water partition coefficient (Wildman–Crippen LogP) is 6.39. The topological polar surface area (TPSA) is 219 Å². The summed E-state index contributed by atoms with van der Waals surface area (Å²) in [7, 11) is 2.75. The maximum absolute atomic E-state index is 13.5. The monoisotopic (exact) mass is 806 g/mol. The van der Waals surface area contributed by atoms with Gasteiger partial charge in [0.05, 0.1) is 12.1 Å². The second-order valence-corrected chi connectivity index (χ2v) is 17.5. The van der Waals surface area contributed by atoms with Crippen LogP contribution in [0, 0.1) is 11.8 Å². The third kappa shape index (κ3) is 22.9. The van der Waals surface area contributed by atoms with E-state index in [1.54, 1.807) is 12.1 Å². The molecule has 4 atom stereocenters. The number of hydrogen-bond acceptors (Lipinski definition) is 10. The molecule has 310 valence electrons. The molecule has 0 spiro atoms. The van der Waals surface area contributed by atoms with E-state index in [1.165, 1.54) is 85.1 Å². The molecule has 55 heavy (non-hydrogen) atoms. The first kappa shape index (κ1) is 48.0. The van der Waals surface area contributed by atoms with Gasteiger partial charge in [-0.05, 0) is 56.2 Å². The highest BCUT2D eigenvalue weighted by molar-refractivity contribution is 8.76. The molecule has 1 aliphatic rings. The smallest absolute Gasteiger partial charge is 0.303 e. The van der Waals surface area contributed by atoms with E-state index in [4.69, 9.17) is 16.6 Å². The molecule has 1 saturated heterocycles. The lowest BCUT2D eigenvalue weighted by molar-refractivity contribution is -0.137. The number of nitrogens with one attached hydrogen (secondary N) is 2. The molecular formula is C41H66N4O8S2. The van der Waals surface area contributed by atoms with Gasteiger partial charge in [0, 0.05) is 55.6 Å². The van der Waals surface area contributed by atoms with Crippen molar-refractivity contribution in [2.45, 2.75) is 153 Å². The van der Waals surface area contributed by atoms with Gasteiger partial charge in [-0.15, -0.1) is 0 Å². The normalized spacial score (nSPS) is 18.5. The molecule has 1 heterocycles. The van der Waals surface area contributed by atoms with Gasteiger partial charge >= 0.3 is 5.97 Å². The highest BCUT2D eigenvalue weighted by Gasteiger charge is 2.32. The summed E-state index contributed by atoms with van der Waals surface area (Å²) in [5, 5.41) is 24.0. The number of phenols is 1. The number of aliphatic carboxylic acids is 1. The van der Waals surface area contributed by atoms with Gasteiger partial charge in [0.1, 0.15) is 11.5 Å². The highest BCUT2D eigenvalue weighted by Crippen LogP contribution is 2.29. The van der Waals surface area contributed by atoms with Gasteiger partial charge in [-0.25, -0.2) is 0 Å². The van der Waals surface area contributed by atoms with Crippen LogP contribution in [0.2, 0.25) is 0 Å². The molecule has 1 aromatic carbocycles. The molecule has 8 N–H and O–H groups in total. The molecule has 0 radical (unpaired) electrons. The van der Waals surface area contributed by atoms with E-state index in [0.29, 0.717) is 43.7 Å². The average molecular weight is 807 g/mol. The molecular weight excluding hydrogens is 741 g/mol. The Morgan fingerprint density at radius 2 is 1.33 bits per heavy atom. The van der Waals surface area contributed by atoms with Crippen molar-refractivity contribution in [2.24, 2.45) is 23.3 Å². The minimum Gasteiger partial charge on any atom is -0.508 e. The summed E-state index contributed by atoms with van der Waals surface area (Å²) < 4.78 is 0. The van der Waals surface area contributed by atoms with Crippen molar-refractivity contribution in [3.05, 3.63) is 29.8 Å². The quantitative estimate of drug-likeness (QED) is 0.0403. The maximum atomic E-state index is 13.5. The Labute approximate surface area is 335 Å². The number of carbonyl (C=O) groups is 6. The molecule has 12 nitrogen and oxygen atoms in total. The Bertz CT molecular complexity index is 1320. The number of primary amides is 1. The highest BCUT2D eigenvalue weighted by atomic mass is 33.1. The molecule has 0 unspecified atom stereocenters. The third-order valence-corrected chi connectivity index (χ3v) is 12.6. The van der Waals surface area contributed by atoms with Crippen LogP contribution in [0.15, 0.2) is 24.3 Å². The van der Waals surface area contributed by atoms with Crippen LogP contribution >= 0.6 is 21.6 Å². The summed E-state index contributed by atoms with van der Waals surface area (Å²) in [5.74, 6) is -2.88. The van der Waals surface area contributed by atoms with Crippen LogP contribution in [0.5, 0.6) is 5.75 Å². The number of benzene rings is 1. The van der Waals surface area contributed by atoms with Gasteiger partial charge in [0.2, 0.25) is 17.7 Å². The first-order chi connectivity index (χ1) is 26.5. The maximum Gasteiger partial charge on any atom is 0.303 e. The van der Waals surface area contributed by atoms with Crippen molar-refractivity contribution in [1.82, 2.24) is 10.6 Å². The SMILES string of the molecule is NC(=O)[C@@H](CC(=O)[C@@H]1CSSC[C@H](N)C(=O)N[C@@H](CCCCNC(=O)CCCCCCCCCCCCCCCCC(=O)O)C(=O)C1)Cc1ccc(O)cc1. The number of carboxylic acids is 1. The minimum absolute atomic E-state index is 0.0169. The van der Waals surface area contributed by atoms with Gasteiger partial charge < -0.3 is 32.3 Å². The molecule has 2 rings (SSSR count). The van der Waals surface area contributed by atoms with Crippen LogP contribution in [0.4, 0.5) is 0 Å². The zero-order chi connectivity index (χ0) is 40.3. The van der Waals surface area contributed by atoms with Crippen LogP contribution in [0.3, 0.4) is 0 Å². The third-order valence-electron chi connectivity index (χ3n) is 10.1. The average Bonchev–Trinajstić information content (AvgIpc) is 3.16. The summed E-state index contributed by atoms with van der Waals surface area (Å²) >= 11 is 0. The summed E-state index contributed by atoms with van der Waals surface area (Å²) in [5.41, 5.74) is 12.5. The number of amides is 3. The van der Waals surface area contributed by atoms with Gasteiger partial charge in [-0.3, -0.25) is 28.8 Å². The van der Waals surface area contributed by atoms with E-state index < -0.39 is 41.7 Å². The number of Topliss-reactive ketones (excluding diaryl/α,β-unsaturated/α-hetero) is 2. The van der Waals surface area contributed by atoms with Crippen LogP contribution in [0.1, 0.15) is 140 Å². The number of phenolic OH excluding ortho intramolecular Hbond substituents is 1. The lowest BCUT2D eigenvalue weighted by Gasteiger charge is -2.22. The Kier molecular flexibility index (Phi) is 25.5. The molecule has 1 fully saturated rings. The standard InChI is InChI=1S/C41H66N4O8S2/c42-34-29-55-54-28-32(36(47)26-31(40(43)52)25-30-20-22-33(46)23-21-30)27-37(48)35(45-41(34)53)17-15-16-24-44-38(49)18-13-11-9-7-5-3-1-2-4-6-8-10-12-14-19-39(50)51/h20-23,31-32,34-35,46H,1-19,24-29,42H2,(H2,43,52)(H,44,49)(H,45,53)(H,50,51)/t31-,32+,34+,35+/m1/s1. The second-order valence-electron chi connectivity index (χ2n) is 14.9. The number of aromatic hydroxyl groups is 1. The number of hydrogen-bond donors (Lipinski definition) is 6. The van der Waals surface area contributed by atoms with Crippen LogP contribution in [0.25, 0.3) is 0 Å². The molecule has 14 heteroatoms. The summed E-state index contributed by atoms with van der Waals surface area (Å²) in [6.07, 6.45) is 18.2. The molecule has 0 bridgehead atoms. The lowest BCUT2D eigenvalue weighted by atomic mass is 9.87. The van der Waals surface area contributed by atoms with E-state index in [1.807, 2.05) is 0 Å². The van der Waals surface area contributed by atoms with Crippen LogP contribution < -0.4 is 22.1 Å². The first-order valence-corrected chi connectivity index (χ1v) is 22.9. The van der Waals surface area contributed by atoms with Gasteiger partial charge in [-0.1, -0.05) is 111 Å². The van der Waals surface area contributed by atoms with E-state index in [2.05, 4.69) is 10.6 Å². The largest absolute Gasteiger partial charge is 0.508 e. The van der Waals surface area contributed by atoms with Crippen molar-refractivity contribution >= 4 is 56.8 Å². The van der Waals surface area contributed by atoms with Crippen molar-refractivity contribution in [2.75, 3.05) is 18.1 Å². The Morgan fingerprint density at radius 1 is 0.782 bits per heavy atom. The first-order valence-electron chi connectivity index (χ1n) is 20.4. The van der Waals surface area contributed by atoms with Crippen molar-refractivity contribution in [3.8, 4) is 5.75 Å². The number of rotatable bonds is 28. The Hall–Kier alpha value is -3.10. The van der Waals surface area contributed by atoms with Gasteiger partial charge in [0.15, 0.2) is 5.78 Å². The fourth-order valence-electron chi connectivity index (χ4n) is 6.64. The molecule has 1 aromatic rings. The Balaban J connectivity index is 1.65. The van der Waals surface area contributed by atoms with Crippen molar-refractivity contribution < 1.29 is 39.0 Å². The van der Waals surface area contributed by atoms with Crippen molar-refractivity contribution in [3.63, 3.8) is 0 Å². The lowest BCUT2D eigenvalue weighted by Crippen LogP contribution is -2.49.